The number of fused-ring (bicyclic) bond motifs is 1. The average Bonchev–Trinajstić information content (AvgIpc) is 2.17. The van der Waals surface area contributed by atoms with Gasteiger partial charge in [-0.2, -0.15) is 0 Å². The summed E-state index contributed by atoms with van der Waals surface area (Å²) in [6.45, 7) is 3.61. The summed E-state index contributed by atoms with van der Waals surface area (Å²) in [7, 11) is -3.30. The molecule has 5 nitrogen and oxygen atoms in total. The van der Waals surface area contributed by atoms with Crippen LogP contribution in [0.15, 0.2) is 18.2 Å². The van der Waals surface area contributed by atoms with Crippen molar-refractivity contribution >= 4 is 15.7 Å². The number of aliphatic hydroxyl groups excluding tert-OH is 1. The van der Waals surface area contributed by atoms with Gasteiger partial charge in [-0.1, -0.05) is 6.07 Å². The average molecular weight is 271 g/mol. The maximum absolute atomic E-state index is 11.2. The number of rotatable bonds is 2. The molecule has 1 heterocycles. The van der Waals surface area contributed by atoms with E-state index in [0.717, 1.165) is 11.8 Å². The minimum Gasteiger partial charge on any atom is -0.485 e. The normalized spacial score (nSPS) is 21.9. The Kier molecular flexibility index (Phi) is 3.03. The van der Waals surface area contributed by atoms with E-state index in [1.165, 1.54) is 0 Å². The Morgan fingerprint density at radius 1 is 1.44 bits per heavy atom. The van der Waals surface area contributed by atoms with E-state index >= 15 is 0 Å². The van der Waals surface area contributed by atoms with Crippen LogP contribution in [0.2, 0.25) is 0 Å². The van der Waals surface area contributed by atoms with E-state index in [0.29, 0.717) is 17.9 Å². The third-order valence-electron chi connectivity index (χ3n) is 2.96. The molecule has 100 valence electrons. The summed E-state index contributed by atoms with van der Waals surface area (Å²) >= 11 is 0. The van der Waals surface area contributed by atoms with Crippen LogP contribution in [0.3, 0.4) is 0 Å². The number of sulfonamides is 1. The van der Waals surface area contributed by atoms with Crippen molar-refractivity contribution in [2.24, 2.45) is 0 Å². The first-order valence-electron chi connectivity index (χ1n) is 5.65. The minimum atomic E-state index is -3.30. The summed E-state index contributed by atoms with van der Waals surface area (Å²) in [4.78, 5) is 0. The van der Waals surface area contributed by atoms with E-state index in [4.69, 9.17) is 4.74 Å². The maximum Gasteiger partial charge on any atom is 0.229 e. The molecule has 6 heteroatoms. The van der Waals surface area contributed by atoms with E-state index in [1.807, 2.05) is 0 Å². The molecule has 1 aliphatic heterocycles. The lowest BCUT2D eigenvalue weighted by Crippen LogP contribution is -2.46. The molecular weight excluding hydrogens is 254 g/mol. The van der Waals surface area contributed by atoms with Gasteiger partial charge < -0.3 is 9.84 Å². The zero-order valence-corrected chi connectivity index (χ0v) is 11.4. The SMILES string of the molecule is CC1(C)Oc2cc(NS(C)(=O)=O)ccc2C[C@H]1O. The van der Waals surface area contributed by atoms with Gasteiger partial charge in [-0.15, -0.1) is 0 Å². The van der Waals surface area contributed by atoms with Gasteiger partial charge in [-0.05, 0) is 25.5 Å². The standard InChI is InChI=1S/C12H17NO4S/c1-12(2)11(14)6-8-4-5-9(7-10(8)17-12)13-18(3,15)16/h4-5,7,11,13-14H,6H2,1-3H3/t11-/m1/s1. The first-order valence-corrected chi connectivity index (χ1v) is 7.54. The lowest BCUT2D eigenvalue weighted by Gasteiger charge is -2.37. The van der Waals surface area contributed by atoms with Gasteiger partial charge in [0.05, 0.1) is 18.0 Å². The van der Waals surface area contributed by atoms with E-state index in [-0.39, 0.29) is 0 Å². The Hall–Kier alpha value is -1.27. The monoisotopic (exact) mass is 271 g/mol. The molecule has 0 fully saturated rings. The fourth-order valence-corrected chi connectivity index (χ4v) is 2.46. The minimum absolute atomic E-state index is 0.462. The van der Waals surface area contributed by atoms with Crippen LogP contribution in [0.5, 0.6) is 5.75 Å². The highest BCUT2D eigenvalue weighted by molar-refractivity contribution is 7.92. The molecule has 0 aromatic heterocycles. The van der Waals surface area contributed by atoms with Crippen molar-refractivity contribution in [3.63, 3.8) is 0 Å². The molecular formula is C12H17NO4S. The number of nitrogens with one attached hydrogen (secondary N) is 1. The predicted octanol–water partition coefficient (Wildman–Crippen LogP) is 1.13. The molecule has 0 spiro atoms. The Balaban J connectivity index is 2.33. The number of ether oxygens (including phenoxy) is 1. The van der Waals surface area contributed by atoms with Crippen molar-refractivity contribution in [1.82, 2.24) is 0 Å². The summed E-state index contributed by atoms with van der Waals surface area (Å²) < 4.78 is 30.4. The maximum atomic E-state index is 11.2. The highest BCUT2D eigenvalue weighted by Crippen LogP contribution is 2.35. The molecule has 0 aliphatic carbocycles. The fourth-order valence-electron chi connectivity index (χ4n) is 1.90. The Morgan fingerprint density at radius 2 is 2.11 bits per heavy atom. The largest absolute Gasteiger partial charge is 0.485 e. The van der Waals surface area contributed by atoms with Crippen LogP contribution in [-0.2, 0) is 16.4 Å². The van der Waals surface area contributed by atoms with Gasteiger partial charge in [0.1, 0.15) is 11.4 Å². The molecule has 1 aliphatic rings. The first-order chi connectivity index (χ1) is 8.17. The summed E-state index contributed by atoms with van der Waals surface area (Å²) in [5, 5.41) is 9.90. The van der Waals surface area contributed by atoms with Gasteiger partial charge in [0, 0.05) is 12.5 Å². The molecule has 2 N–H and O–H groups in total. The second-order valence-corrected chi connectivity index (χ2v) is 6.87. The molecule has 0 saturated heterocycles. The highest BCUT2D eigenvalue weighted by Gasteiger charge is 2.35. The number of aliphatic hydroxyl groups is 1. The van der Waals surface area contributed by atoms with Crippen LogP contribution in [0, 0.1) is 0 Å². The molecule has 1 aromatic rings. The van der Waals surface area contributed by atoms with Crippen LogP contribution in [0.25, 0.3) is 0 Å². The van der Waals surface area contributed by atoms with Crippen LogP contribution in [0.4, 0.5) is 5.69 Å². The zero-order chi connectivity index (χ0) is 13.6. The smallest absolute Gasteiger partial charge is 0.229 e. The lowest BCUT2D eigenvalue weighted by atomic mass is 9.91. The molecule has 0 bridgehead atoms. The molecule has 0 radical (unpaired) electrons. The molecule has 2 rings (SSSR count). The van der Waals surface area contributed by atoms with Gasteiger partial charge in [-0.3, -0.25) is 4.72 Å². The van der Waals surface area contributed by atoms with Crippen molar-refractivity contribution in [2.45, 2.75) is 32.0 Å². The van der Waals surface area contributed by atoms with Crippen molar-refractivity contribution in [1.29, 1.82) is 0 Å². The van der Waals surface area contributed by atoms with Gasteiger partial charge in [0.15, 0.2) is 0 Å². The summed E-state index contributed by atoms with van der Waals surface area (Å²) in [6.07, 6.45) is 1.03. The number of anilines is 1. The highest BCUT2D eigenvalue weighted by atomic mass is 32.2. The second-order valence-electron chi connectivity index (χ2n) is 5.12. The van der Waals surface area contributed by atoms with Crippen molar-refractivity contribution in [3.8, 4) is 5.75 Å². The van der Waals surface area contributed by atoms with E-state index in [1.54, 1.807) is 32.0 Å². The van der Waals surface area contributed by atoms with Gasteiger partial charge >= 0.3 is 0 Å². The Bertz CT molecular complexity index is 565. The molecule has 1 atom stereocenters. The predicted molar refractivity (Wildman–Crippen MR) is 69.3 cm³/mol. The van der Waals surface area contributed by atoms with Crippen molar-refractivity contribution in [3.05, 3.63) is 23.8 Å². The Labute approximate surface area is 107 Å². The molecule has 0 amide bonds. The van der Waals surface area contributed by atoms with E-state index in [9.17, 15) is 13.5 Å². The van der Waals surface area contributed by atoms with Crippen molar-refractivity contribution in [2.75, 3.05) is 11.0 Å². The van der Waals surface area contributed by atoms with Gasteiger partial charge in [0.2, 0.25) is 10.0 Å². The third kappa shape index (κ3) is 2.76. The molecule has 18 heavy (non-hydrogen) atoms. The Morgan fingerprint density at radius 3 is 2.72 bits per heavy atom. The van der Waals surface area contributed by atoms with Crippen LogP contribution in [-0.4, -0.2) is 31.5 Å². The fraction of sp³-hybridized carbons (Fsp3) is 0.500. The van der Waals surface area contributed by atoms with E-state index in [2.05, 4.69) is 4.72 Å². The summed E-state index contributed by atoms with van der Waals surface area (Å²) in [6, 6.07) is 5.07. The second kappa shape index (κ2) is 4.13. The summed E-state index contributed by atoms with van der Waals surface area (Å²) in [5.41, 5.74) is 0.667. The molecule has 0 unspecified atom stereocenters. The number of hydrogen-bond donors (Lipinski definition) is 2. The van der Waals surface area contributed by atoms with Crippen LogP contribution < -0.4 is 9.46 Å². The van der Waals surface area contributed by atoms with Crippen LogP contribution >= 0.6 is 0 Å². The topological polar surface area (TPSA) is 75.6 Å². The number of benzene rings is 1. The quantitative estimate of drug-likeness (QED) is 0.845. The first kappa shape index (κ1) is 13.2. The molecule has 0 saturated carbocycles. The van der Waals surface area contributed by atoms with E-state index < -0.39 is 21.7 Å². The number of hydrogen-bond acceptors (Lipinski definition) is 4. The van der Waals surface area contributed by atoms with Crippen LogP contribution in [0.1, 0.15) is 19.4 Å². The zero-order valence-electron chi connectivity index (χ0n) is 10.6. The molecule has 1 aromatic carbocycles. The van der Waals surface area contributed by atoms with Crippen molar-refractivity contribution < 1.29 is 18.3 Å². The van der Waals surface area contributed by atoms with Gasteiger partial charge in [-0.25, -0.2) is 8.42 Å². The lowest BCUT2D eigenvalue weighted by molar-refractivity contribution is -0.0410. The van der Waals surface area contributed by atoms with Gasteiger partial charge in [0.25, 0.3) is 0 Å². The summed E-state index contributed by atoms with van der Waals surface area (Å²) in [5.74, 6) is 0.610. The third-order valence-corrected chi connectivity index (χ3v) is 3.57.